The number of hydrogen-bond donors (Lipinski definition) is 0. The maximum atomic E-state index is 12.1. The number of Topliss-reactive ketones (excluding diaryl/α,β-unsaturated/α-hetero) is 2. The van der Waals surface area contributed by atoms with Gasteiger partial charge in [0, 0.05) is 30.5 Å². The Morgan fingerprint density at radius 3 is 2.36 bits per heavy atom. The Morgan fingerprint density at radius 1 is 1.23 bits per heavy atom. The fourth-order valence-electron chi connectivity index (χ4n) is 1.80. The third kappa shape index (κ3) is 4.87. The molecular weight excluding hydrogens is 343 g/mol. The van der Waals surface area contributed by atoms with Crippen LogP contribution < -0.4 is 0 Å². The molecule has 0 atom stereocenters. The SMILES string of the molecule is CC(=O)Cc1ccc(C(=O)Cc2ncc([N+](=O)[O-])s2)cc1.[V]. The molecule has 6 nitrogen and oxygen atoms in total. The first-order chi connectivity index (χ1) is 9.95. The van der Waals surface area contributed by atoms with Crippen molar-refractivity contribution >= 4 is 27.9 Å². The van der Waals surface area contributed by atoms with Crippen LogP contribution in [-0.4, -0.2) is 21.5 Å². The zero-order valence-corrected chi connectivity index (χ0v) is 13.9. The van der Waals surface area contributed by atoms with E-state index in [9.17, 15) is 19.7 Å². The Hall–Kier alpha value is -1.83. The molecule has 2 rings (SSSR count). The zero-order chi connectivity index (χ0) is 15.4. The number of carbonyl (C=O) groups excluding carboxylic acids is 2. The van der Waals surface area contributed by atoms with E-state index in [1.54, 1.807) is 24.3 Å². The smallest absolute Gasteiger partial charge is 0.300 e. The maximum absolute atomic E-state index is 12.1. The molecule has 0 saturated carbocycles. The van der Waals surface area contributed by atoms with Crippen molar-refractivity contribution in [2.75, 3.05) is 0 Å². The van der Waals surface area contributed by atoms with Crippen molar-refractivity contribution in [2.24, 2.45) is 0 Å². The Morgan fingerprint density at radius 2 is 1.86 bits per heavy atom. The van der Waals surface area contributed by atoms with Gasteiger partial charge in [0.2, 0.25) is 0 Å². The molecule has 0 spiro atoms. The minimum atomic E-state index is -0.526. The average Bonchev–Trinajstić information content (AvgIpc) is 2.87. The van der Waals surface area contributed by atoms with E-state index in [1.807, 2.05) is 0 Å². The largest absolute Gasteiger partial charge is 0.343 e. The number of thiazole rings is 1. The van der Waals surface area contributed by atoms with Crippen LogP contribution in [0.1, 0.15) is 27.9 Å². The van der Waals surface area contributed by atoms with E-state index >= 15 is 0 Å². The molecule has 0 amide bonds. The molecular formula is C14H12N2O4SV. The Labute approximate surface area is 142 Å². The van der Waals surface area contributed by atoms with Crippen molar-refractivity contribution < 1.29 is 33.1 Å². The topological polar surface area (TPSA) is 90.2 Å². The van der Waals surface area contributed by atoms with E-state index in [-0.39, 0.29) is 41.5 Å². The molecule has 113 valence electrons. The molecule has 0 aliphatic heterocycles. The summed E-state index contributed by atoms with van der Waals surface area (Å²) in [5.74, 6) is -0.0993. The molecule has 22 heavy (non-hydrogen) atoms. The van der Waals surface area contributed by atoms with Crippen LogP contribution in [0, 0.1) is 10.1 Å². The summed E-state index contributed by atoms with van der Waals surface area (Å²) < 4.78 is 0. The Bertz CT molecular complexity index is 697. The Balaban J connectivity index is 0.00000242. The molecule has 0 saturated heterocycles. The van der Waals surface area contributed by atoms with E-state index in [1.165, 1.54) is 6.92 Å². The second-order valence-corrected chi connectivity index (χ2v) is 5.62. The summed E-state index contributed by atoms with van der Waals surface area (Å²) in [7, 11) is 0. The second kappa shape index (κ2) is 7.98. The summed E-state index contributed by atoms with van der Waals surface area (Å²) >= 11 is 0.900. The number of rotatable bonds is 6. The predicted octanol–water partition coefficient (Wildman–Crippen LogP) is 2.61. The molecule has 1 heterocycles. The van der Waals surface area contributed by atoms with Gasteiger partial charge in [0.25, 0.3) is 0 Å². The van der Waals surface area contributed by atoms with Gasteiger partial charge < -0.3 is 0 Å². The number of hydrogen-bond acceptors (Lipinski definition) is 6. The van der Waals surface area contributed by atoms with Crippen LogP contribution in [0.5, 0.6) is 0 Å². The van der Waals surface area contributed by atoms with Gasteiger partial charge in [0.15, 0.2) is 5.78 Å². The standard InChI is InChI=1S/C14H12N2O4S.V/c1-9(17)6-10-2-4-11(5-3-10)12(18)7-13-15-8-14(21-13)16(19)20;/h2-5,8H,6-7H2,1H3;. The predicted molar refractivity (Wildman–Crippen MR) is 77.6 cm³/mol. The molecule has 1 aromatic heterocycles. The molecule has 0 fully saturated rings. The van der Waals surface area contributed by atoms with Crippen LogP contribution in [0.3, 0.4) is 0 Å². The van der Waals surface area contributed by atoms with E-state index in [0.29, 0.717) is 17.0 Å². The first kappa shape index (κ1) is 18.2. The molecule has 0 bridgehead atoms. The number of nitrogens with zero attached hydrogens (tertiary/aromatic N) is 2. The number of ketones is 2. The Kier molecular flexibility index (Phi) is 6.61. The molecule has 0 unspecified atom stereocenters. The number of carbonyl (C=O) groups is 2. The first-order valence-corrected chi connectivity index (χ1v) is 6.98. The van der Waals surface area contributed by atoms with Gasteiger partial charge >= 0.3 is 5.00 Å². The quantitative estimate of drug-likeness (QED) is 0.451. The van der Waals surface area contributed by atoms with Gasteiger partial charge in [-0.1, -0.05) is 24.3 Å². The van der Waals surface area contributed by atoms with E-state index < -0.39 is 4.92 Å². The summed E-state index contributed by atoms with van der Waals surface area (Å²) in [6.07, 6.45) is 1.53. The summed E-state index contributed by atoms with van der Waals surface area (Å²) in [5.41, 5.74) is 1.35. The normalized spacial score (nSPS) is 9.86. The summed E-state index contributed by atoms with van der Waals surface area (Å²) in [5, 5.41) is 10.9. The average molecular weight is 355 g/mol. The van der Waals surface area contributed by atoms with E-state index in [4.69, 9.17) is 0 Å². The third-order valence-corrected chi connectivity index (χ3v) is 3.71. The summed E-state index contributed by atoms with van der Waals surface area (Å²) in [6, 6.07) is 6.78. The monoisotopic (exact) mass is 355 g/mol. The number of aromatic nitrogens is 1. The molecule has 0 aliphatic rings. The number of benzene rings is 1. The fourth-order valence-corrected chi connectivity index (χ4v) is 2.53. The van der Waals surface area contributed by atoms with Crippen LogP contribution in [0.25, 0.3) is 0 Å². The van der Waals surface area contributed by atoms with Gasteiger partial charge in [-0.3, -0.25) is 19.7 Å². The maximum Gasteiger partial charge on any atom is 0.343 e. The molecule has 1 aromatic carbocycles. The molecule has 0 N–H and O–H groups in total. The number of nitro groups is 1. The van der Waals surface area contributed by atoms with Gasteiger partial charge in [-0.25, -0.2) is 4.98 Å². The van der Waals surface area contributed by atoms with Crippen molar-refractivity contribution in [3.63, 3.8) is 0 Å². The van der Waals surface area contributed by atoms with Crippen LogP contribution in [0.4, 0.5) is 5.00 Å². The van der Waals surface area contributed by atoms with E-state index in [2.05, 4.69) is 4.98 Å². The van der Waals surface area contributed by atoms with Crippen molar-refractivity contribution in [1.82, 2.24) is 4.98 Å². The van der Waals surface area contributed by atoms with Crippen LogP contribution in [-0.2, 0) is 36.2 Å². The van der Waals surface area contributed by atoms with Gasteiger partial charge in [-0.2, -0.15) is 0 Å². The summed E-state index contributed by atoms with van der Waals surface area (Å²) in [4.78, 5) is 37.0. The molecule has 0 aliphatic carbocycles. The molecule has 2 aromatic rings. The van der Waals surface area contributed by atoms with Crippen molar-refractivity contribution in [3.05, 3.63) is 56.7 Å². The van der Waals surface area contributed by atoms with E-state index in [0.717, 1.165) is 23.1 Å². The van der Waals surface area contributed by atoms with Crippen LogP contribution in [0.2, 0.25) is 0 Å². The van der Waals surface area contributed by atoms with Crippen molar-refractivity contribution in [2.45, 2.75) is 19.8 Å². The fraction of sp³-hybridized carbons (Fsp3) is 0.214. The van der Waals surface area contributed by atoms with Crippen molar-refractivity contribution in [1.29, 1.82) is 0 Å². The van der Waals surface area contributed by atoms with Crippen LogP contribution >= 0.6 is 11.3 Å². The second-order valence-electron chi connectivity index (χ2n) is 4.53. The van der Waals surface area contributed by atoms with Crippen LogP contribution in [0.15, 0.2) is 30.5 Å². The summed E-state index contributed by atoms with van der Waals surface area (Å²) in [6.45, 7) is 1.51. The minimum absolute atomic E-state index is 0. The van der Waals surface area contributed by atoms with Gasteiger partial charge in [-0.05, 0) is 23.8 Å². The molecule has 1 radical (unpaired) electrons. The van der Waals surface area contributed by atoms with Gasteiger partial charge in [0.1, 0.15) is 17.0 Å². The third-order valence-electron chi connectivity index (χ3n) is 2.76. The minimum Gasteiger partial charge on any atom is -0.300 e. The zero-order valence-electron chi connectivity index (χ0n) is 11.7. The van der Waals surface area contributed by atoms with Crippen molar-refractivity contribution in [3.8, 4) is 0 Å². The van der Waals surface area contributed by atoms with Gasteiger partial charge in [-0.15, -0.1) is 0 Å². The first-order valence-electron chi connectivity index (χ1n) is 6.16. The van der Waals surface area contributed by atoms with Gasteiger partial charge in [0.05, 0.1) is 11.3 Å². The molecule has 8 heteroatoms.